The summed E-state index contributed by atoms with van der Waals surface area (Å²) in [6, 6.07) is 36.7. The number of hydrogen-bond acceptors (Lipinski definition) is 3. The Morgan fingerprint density at radius 2 is 1.06 bits per heavy atom. The monoisotopic (exact) mass is 425 g/mol. The van der Waals surface area contributed by atoms with Crippen LogP contribution < -0.4 is 18.9 Å². The smallest absolute Gasteiger partial charge is 0.209 e. The van der Waals surface area contributed by atoms with Crippen LogP contribution in [-0.4, -0.2) is 15.0 Å². The largest absolute Gasteiger partial charge is 1.00 e. The Morgan fingerprint density at radius 1 is 0.562 bits per heavy atom. The Hall–Kier alpha value is -3.22. The molecule has 0 atom stereocenters. The number of aromatic nitrogens is 3. The minimum absolute atomic E-state index is 0. The Bertz CT molecular complexity index is 1280. The molecule has 1 aromatic heterocycles. The molecule has 0 N–H and O–H groups in total. The van der Waals surface area contributed by atoms with E-state index in [1.807, 2.05) is 103 Å². The molecule has 0 amide bonds. The van der Waals surface area contributed by atoms with Crippen molar-refractivity contribution in [1.29, 1.82) is 0 Å². The van der Waals surface area contributed by atoms with Crippen LogP contribution in [0.1, 0.15) is 0 Å². The third-order valence-electron chi connectivity index (χ3n) is 4.92. The molecule has 0 spiro atoms. The van der Waals surface area contributed by atoms with Gasteiger partial charge in [-0.3, -0.25) is 0 Å². The van der Waals surface area contributed by atoms with Crippen molar-refractivity contribution < 1.29 is 18.9 Å². The molecule has 0 radical (unpaired) electrons. The minimum Gasteiger partial charge on any atom is -0.209 e. The predicted octanol–water partition coefficient (Wildman–Crippen LogP) is 4.00. The molecule has 0 aliphatic heterocycles. The van der Waals surface area contributed by atoms with Crippen LogP contribution in [0.25, 0.3) is 45.3 Å². The maximum absolute atomic E-state index is 6.24. The van der Waals surface area contributed by atoms with Gasteiger partial charge in [0.05, 0.1) is 0 Å². The molecule has 0 unspecified atom stereocenters. The van der Waals surface area contributed by atoms with Gasteiger partial charge in [-0.15, -0.1) is 41.4 Å². The van der Waals surface area contributed by atoms with E-state index < -0.39 is 0 Å². The van der Waals surface area contributed by atoms with E-state index in [1.165, 1.54) is 0 Å². The average molecular weight is 426 g/mol. The zero-order valence-corrected chi connectivity index (χ0v) is 18.3. The zero-order chi connectivity index (χ0) is 21.0. The normalized spacial score (nSPS) is 10.4. The second-order valence-corrected chi connectivity index (χ2v) is 7.44. The standard InChI is InChI=1S/C27H17ClN3.Li/c28-22-15-9-14-21(18-22)23-16-7-8-17-24(23)27-30-25(19-10-3-1-4-11-19)29-26(31-27)20-12-5-2-6-13-20;/h1-13,15-18H;/q-1;+1. The van der Waals surface area contributed by atoms with Crippen LogP contribution >= 0.6 is 11.6 Å². The molecular weight excluding hydrogens is 409 g/mol. The van der Waals surface area contributed by atoms with Gasteiger partial charge < -0.3 is 0 Å². The molecule has 0 saturated carbocycles. The van der Waals surface area contributed by atoms with Gasteiger partial charge in [-0.1, -0.05) is 90.5 Å². The molecule has 0 saturated heterocycles. The molecule has 0 aliphatic rings. The van der Waals surface area contributed by atoms with Crippen molar-refractivity contribution in [3.05, 3.63) is 114 Å². The molecule has 4 aromatic carbocycles. The topological polar surface area (TPSA) is 38.7 Å². The van der Waals surface area contributed by atoms with Gasteiger partial charge in [0.2, 0.25) is 0 Å². The Balaban J connectivity index is 0.00000245. The third-order valence-corrected chi connectivity index (χ3v) is 5.16. The summed E-state index contributed by atoms with van der Waals surface area (Å²) in [6.07, 6.45) is 0. The molecule has 5 aromatic rings. The Kier molecular flexibility index (Phi) is 6.83. The molecule has 0 bridgehead atoms. The summed E-state index contributed by atoms with van der Waals surface area (Å²) < 4.78 is 0. The second-order valence-electron chi connectivity index (χ2n) is 7.00. The summed E-state index contributed by atoms with van der Waals surface area (Å²) in [5, 5.41) is 0.661. The van der Waals surface area contributed by atoms with Crippen LogP contribution in [0, 0.1) is 6.07 Å². The van der Waals surface area contributed by atoms with E-state index in [4.69, 9.17) is 26.6 Å². The fraction of sp³-hybridized carbons (Fsp3) is 0. The first-order chi connectivity index (χ1) is 15.3. The summed E-state index contributed by atoms with van der Waals surface area (Å²) in [5.74, 6) is 1.88. The van der Waals surface area contributed by atoms with Gasteiger partial charge in [0.25, 0.3) is 0 Å². The van der Waals surface area contributed by atoms with E-state index in [9.17, 15) is 0 Å². The number of halogens is 1. The van der Waals surface area contributed by atoms with E-state index in [0.717, 1.165) is 27.8 Å². The fourth-order valence-electron chi connectivity index (χ4n) is 3.44. The van der Waals surface area contributed by atoms with Crippen molar-refractivity contribution in [3.8, 4) is 45.3 Å². The zero-order valence-electron chi connectivity index (χ0n) is 17.5. The Labute approximate surface area is 204 Å². The maximum Gasteiger partial charge on any atom is 1.00 e. The van der Waals surface area contributed by atoms with Gasteiger partial charge in [-0.2, -0.15) is 0 Å². The van der Waals surface area contributed by atoms with Crippen molar-refractivity contribution in [2.24, 2.45) is 0 Å². The van der Waals surface area contributed by atoms with Crippen molar-refractivity contribution in [2.75, 3.05) is 0 Å². The summed E-state index contributed by atoms with van der Waals surface area (Å²) in [7, 11) is 0. The van der Waals surface area contributed by atoms with E-state index in [1.54, 1.807) is 0 Å². The van der Waals surface area contributed by atoms with Crippen LogP contribution in [0.2, 0.25) is 5.02 Å². The number of benzene rings is 4. The van der Waals surface area contributed by atoms with Gasteiger partial charge in [0.1, 0.15) is 0 Å². The summed E-state index contributed by atoms with van der Waals surface area (Å²) >= 11 is 6.24. The minimum atomic E-state index is 0. The molecule has 5 rings (SSSR count). The summed E-state index contributed by atoms with van der Waals surface area (Å²) in [6.45, 7) is 0. The molecule has 0 aliphatic carbocycles. The first kappa shape index (κ1) is 22.0. The van der Waals surface area contributed by atoms with Crippen LogP contribution in [0.4, 0.5) is 0 Å². The van der Waals surface area contributed by atoms with Crippen molar-refractivity contribution >= 4 is 11.6 Å². The SMILES string of the molecule is Clc1cc[c-]c(-c2ccccc2-c2nc(-c3ccccc3)nc(-c3ccccc3)n2)c1.[Li+]. The van der Waals surface area contributed by atoms with Crippen LogP contribution in [0.15, 0.2) is 103 Å². The molecule has 0 fully saturated rings. The van der Waals surface area contributed by atoms with Gasteiger partial charge >= 0.3 is 18.9 Å². The van der Waals surface area contributed by atoms with Crippen LogP contribution in [-0.2, 0) is 0 Å². The summed E-state index contributed by atoms with van der Waals surface area (Å²) in [5.41, 5.74) is 4.64. The first-order valence-electron chi connectivity index (χ1n) is 9.92. The molecule has 148 valence electrons. The van der Waals surface area contributed by atoms with Crippen LogP contribution in [0.5, 0.6) is 0 Å². The van der Waals surface area contributed by atoms with Gasteiger partial charge in [-0.05, 0) is 10.6 Å². The fourth-order valence-corrected chi connectivity index (χ4v) is 3.61. The van der Waals surface area contributed by atoms with Gasteiger partial charge in [-0.25, -0.2) is 15.0 Å². The number of hydrogen-bond donors (Lipinski definition) is 0. The molecule has 3 nitrogen and oxygen atoms in total. The molecule has 1 heterocycles. The van der Waals surface area contributed by atoms with Gasteiger partial charge in [0.15, 0.2) is 17.5 Å². The quantitative estimate of drug-likeness (QED) is 0.323. The van der Waals surface area contributed by atoms with E-state index in [2.05, 4.69) is 6.07 Å². The number of rotatable bonds is 4. The van der Waals surface area contributed by atoms with E-state index in [0.29, 0.717) is 22.5 Å². The van der Waals surface area contributed by atoms with Gasteiger partial charge in [0, 0.05) is 11.1 Å². The third kappa shape index (κ3) is 4.66. The van der Waals surface area contributed by atoms with Crippen molar-refractivity contribution in [3.63, 3.8) is 0 Å². The number of nitrogens with zero attached hydrogens (tertiary/aromatic N) is 3. The maximum atomic E-state index is 6.24. The molecule has 32 heavy (non-hydrogen) atoms. The molecule has 5 heteroatoms. The molecular formula is C27H17ClLiN3. The van der Waals surface area contributed by atoms with E-state index >= 15 is 0 Å². The first-order valence-corrected chi connectivity index (χ1v) is 10.3. The van der Waals surface area contributed by atoms with E-state index in [-0.39, 0.29) is 18.9 Å². The van der Waals surface area contributed by atoms with Crippen molar-refractivity contribution in [1.82, 2.24) is 15.0 Å². The summed E-state index contributed by atoms with van der Waals surface area (Å²) in [4.78, 5) is 14.4. The predicted molar refractivity (Wildman–Crippen MR) is 125 cm³/mol. The van der Waals surface area contributed by atoms with Crippen LogP contribution in [0.3, 0.4) is 0 Å². The van der Waals surface area contributed by atoms with Crippen molar-refractivity contribution in [2.45, 2.75) is 0 Å². The second kappa shape index (κ2) is 9.93. The Morgan fingerprint density at radius 3 is 1.62 bits per heavy atom. The average Bonchev–Trinajstić information content (AvgIpc) is 2.85.